The lowest BCUT2D eigenvalue weighted by molar-refractivity contribution is -0.132. The summed E-state index contributed by atoms with van der Waals surface area (Å²) in [6.45, 7) is 3.59. The molecule has 5 nitrogen and oxygen atoms in total. The Morgan fingerprint density at radius 1 is 1.53 bits per heavy atom. The second kappa shape index (κ2) is 5.98. The van der Waals surface area contributed by atoms with Crippen molar-refractivity contribution in [2.24, 2.45) is 5.92 Å². The minimum atomic E-state index is -0.895. The fourth-order valence-corrected chi connectivity index (χ4v) is 2.32. The van der Waals surface area contributed by atoms with Crippen molar-refractivity contribution < 1.29 is 4.79 Å². The molecular weight excluding hydrogens is 264 g/mol. The van der Waals surface area contributed by atoms with Crippen LogP contribution in [0.2, 0.25) is 5.15 Å². The summed E-state index contributed by atoms with van der Waals surface area (Å²) in [6, 6.07) is 3.49. The van der Waals surface area contributed by atoms with Gasteiger partial charge in [0, 0.05) is 13.1 Å². The quantitative estimate of drug-likeness (QED) is 0.776. The van der Waals surface area contributed by atoms with E-state index in [0.717, 1.165) is 12.8 Å². The molecule has 0 aliphatic carbocycles. The maximum Gasteiger partial charge on any atom is 0.246 e. The summed E-state index contributed by atoms with van der Waals surface area (Å²) in [5.41, 5.74) is 0.367. The molecule has 1 aliphatic rings. The van der Waals surface area contributed by atoms with Gasteiger partial charge in [-0.2, -0.15) is 5.26 Å². The van der Waals surface area contributed by atoms with E-state index in [4.69, 9.17) is 11.6 Å². The Kier molecular flexibility index (Phi) is 4.33. The first-order valence-corrected chi connectivity index (χ1v) is 6.65. The second-order valence-electron chi connectivity index (χ2n) is 4.84. The van der Waals surface area contributed by atoms with Crippen LogP contribution in [-0.4, -0.2) is 33.9 Å². The van der Waals surface area contributed by atoms with Gasteiger partial charge in [0.2, 0.25) is 5.91 Å². The van der Waals surface area contributed by atoms with Crippen molar-refractivity contribution in [2.75, 3.05) is 13.1 Å². The average Bonchev–Trinajstić information content (AvgIpc) is 2.40. The predicted octanol–water partition coefficient (Wildman–Crippen LogP) is 2.00. The molecule has 2 heterocycles. The predicted molar refractivity (Wildman–Crippen MR) is 70.4 cm³/mol. The molecule has 0 N–H and O–H groups in total. The van der Waals surface area contributed by atoms with Crippen LogP contribution in [0, 0.1) is 17.2 Å². The molecule has 1 saturated heterocycles. The summed E-state index contributed by atoms with van der Waals surface area (Å²) in [4.78, 5) is 21.8. The van der Waals surface area contributed by atoms with Crippen molar-refractivity contribution in [3.05, 3.63) is 23.2 Å². The van der Waals surface area contributed by atoms with Gasteiger partial charge in [0.15, 0.2) is 5.92 Å². The number of carbonyl (C=O) groups is 1. The number of likely N-dealkylation sites (tertiary alicyclic amines) is 1. The van der Waals surface area contributed by atoms with E-state index in [1.165, 1.54) is 12.4 Å². The summed E-state index contributed by atoms with van der Waals surface area (Å²) in [5, 5.41) is 9.46. The zero-order valence-electron chi connectivity index (χ0n) is 10.7. The van der Waals surface area contributed by atoms with Gasteiger partial charge in [0.1, 0.15) is 11.5 Å². The van der Waals surface area contributed by atoms with E-state index in [9.17, 15) is 10.1 Å². The molecule has 0 radical (unpaired) electrons. The highest BCUT2D eigenvalue weighted by Gasteiger charge is 2.29. The zero-order valence-corrected chi connectivity index (χ0v) is 11.5. The van der Waals surface area contributed by atoms with Crippen molar-refractivity contribution in [3.8, 4) is 6.07 Å². The van der Waals surface area contributed by atoms with E-state index < -0.39 is 5.92 Å². The minimum Gasteiger partial charge on any atom is -0.341 e. The Hall–Kier alpha value is -1.67. The van der Waals surface area contributed by atoms with Gasteiger partial charge in [-0.25, -0.2) is 9.97 Å². The lowest BCUT2D eigenvalue weighted by atomic mass is 9.97. The minimum absolute atomic E-state index is 0.191. The summed E-state index contributed by atoms with van der Waals surface area (Å²) in [5.74, 6) is -0.448. The number of aromatic nitrogens is 2. The van der Waals surface area contributed by atoms with Gasteiger partial charge in [0.25, 0.3) is 0 Å². The van der Waals surface area contributed by atoms with E-state index >= 15 is 0 Å². The van der Waals surface area contributed by atoms with Crippen molar-refractivity contribution >= 4 is 17.5 Å². The molecule has 0 bridgehead atoms. The maximum absolute atomic E-state index is 12.3. The molecule has 19 heavy (non-hydrogen) atoms. The molecule has 1 fully saturated rings. The number of rotatable bonds is 2. The third-order valence-corrected chi connectivity index (χ3v) is 3.63. The van der Waals surface area contributed by atoms with Crippen LogP contribution in [0.4, 0.5) is 0 Å². The summed E-state index contributed by atoms with van der Waals surface area (Å²) >= 11 is 5.77. The largest absolute Gasteiger partial charge is 0.341 e. The second-order valence-corrected chi connectivity index (χ2v) is 5.22. The molecule has 1 amide bonds. The number of hydrogen-bond donors (Lipinski definition) is 0. The van der Waals surface area contributed by atoms with Crippen molar-refractivity contribution in [1.82, 2.24) is 14.9 Å². The monoisotopic (exact) mass is 278 g/mol. The van der Waals surface area contributed by atoms with Crippen molar-refractivity contribution in [2.45, 2.75) is 25.7 Å². The van der Waals surface area contributed by atoms with Crippen LogP contribution >= 0.6 is 11.6 Å². The molecule has 1 atom stereocenters. The average molecular weight is 279 g/mol. The van der Waals surface area contributed by atoms with E-state index in [1.807, 2.05) is 6.07 Å². The third kappa shape index (κ3) is 3.21. The summed E-state index contributed by atoms with van der Waals surface area (Å²) < 4.78 is 0. The van der Waals surface area contributed by atoms with E-state index in [2.05, 4.69) is 16.9 Å². The van der Waals surface area contributed by atoms with Gasteiger partial charge in [-0.05, 0) is 24.8 Å². The molecule has 0 saturated carbocycles. The Labute approximate surface area is 117 Å². The number of piperidine rings is 1. The molecule has 1 aromatic heterocycles. The Balaban J connectivity index is 2.14. The number of amides is 1. The van der Waals surface area contributed by atoms with Gasteiger partial charge < -0.3 is 4.90 Å². The molecule has 0 aromatic carbocycles. The van der Waals surface area contributed by atoms with Crippen LogP contribution in [0.25, 0.3) is 0 Å². The highest BCUT2D eigenvalue weighted by atomic mass is 35.5. The Morgan fingerprint density at radius 2 is 2.21 bits per heavy atom. The topological polar surface area (TPSA) is 69.9 Å². The smallest absolute Gasteiger partial charge is 0.246 e. The molecule has 1 aliphatic heterocycles. The first-order valence-electron chi connectivity index (χ1n) is 6.27. The van der Waals surface area contributed by atoms with Gasteiger partial charge in [-0.15, -0.1) is 0 Å². The normalized spacial score (nSPS) is 17.8. The van der Waals surface area contributed by atoms with Crippen LogP contribution in [0.5, 0.6) is 0 Å². The number of nitriles is 1. The molecule has 100 valence electrons. The fourth-order valence-electron chi connectivity index (χ4n) is 2.16. The fraction of sp³-hybridized carbons (Fsp3) is 0.538. The lowest BCUT2D eigenvalue weighted by Crippen LogP contribution is -2.40. The first-order chi connectivity index (χ1) is 9.11. The van der Waals surface area contributed by atoms with E-state index in [-0.39, 0.29) is 11.1 Å². The molecule has 2 rings (SSSR count). The number of carbonyl (C=O) groups excluding carboxylic acids is 1. The standard InChI is InChI=1S/C13H15ClN4O/c1-9-2-4-18(5-3-9)13(19)10(7-15)11-6-12(14)17-8-16-11/h6,8-10H,2-5H2,1H3/t10-/m0/s1. The highest BCUT2D eigenvalue weighted by molar-refractivity contribution is 6.29. The SMILES string of the molecule is CC1CCN(C(=O)[C@@H](C#N)c2cc(Cl)ncn2)CC1. The van der Waals surface area contributed by atoms with Crippen LogP contribution < -0.4 is 0 Å². The summed E-state index contributed by atoms with van der Waals surface area (Å²) in [6.07, 6.45) is 3.23. The van der Waals surface area contributed by atoms with Crippen LogP contribution in [-0.2, 0) is 4.79 Å². The zero-order chi connectivity index (χ0) is 13.8. The maximum atomic E-state index is 12.3. The number of hydrogen-bond acceptors (Lipinski definition) is 4. The van der Waals surface area contributed by atoms with Crippen LogP contribution in [0.15, 0.2) is 12.4 Å². The summed E-state index contributed by atoms with van der Waals surface area (Å²) in [7, 11) is 0. The number of halogens is 1. The van der Waals surface area contributed by atoms with Gasteiger partial charge in [-0.1, -0.05) is 18.5 Å². The Morgan fingerprint density at radius 3 is 2.79 bits per heavy atom. The van der Waals surface area contributed by atoms with Gasteiger partial charge in [-0.3, -0.25) is 4.79 Å². The molecule has 0 unspecified atom stereocenters. The van der Waals surface area contributed by atoms with Crippen LogP contribution in [0.3, 0.4) is 0 Å². The van der Waals surface area contributed by atoms with Crippen LogP contribution in [0.1, 0.15) is 31.4 Å². The molecular formula is C13H15ClN4O. The Bertz CT molecular complexity index is 506. The molecule has 0 spiro atoms. The van der Waals surface area contributed by atoms with Crippen molar-refractivity contribution in [3.63, 3.8) is 0 Å². The van der Waals surface area contributed by atoms with E-state index in [0.29, 0.717) is 24.7 Å². The number of nitrogens with zero attached hydrogens (tertiary/aromatic N) is 4. The highest BCUT2D eigenvalue weighted by Crippen LogP contribution is 2.22. The van der Waals surface area contributed by atoms with Gasteiger partial charge in [0.05, 0.1) is 11.8 Å². The van der Waals surface area contributed by atoms with Gasteiger partial charge >= 0.3 is 0 Å². The molecule has 6 heteroatoms. The first kappa shape index (κ1) is 13.8. The molecule has 1 aromatic rings. The van der Waals surface area contributed by atoms with E-state index in [1.54, 1.807) is 4.90 Å². The third-order valence-electron chi connectivity index (χ3n) is 3.42. The lowest BCUT2D eigenvalue weighted by Gasteiger charge is -2.31. The van der Waals surface area contributed by atoms with Crippen molar-refractivity contribution in [1.29, 1.82) is 5.26 Å².